The second kappa shape index (κ2) is 3.92. The van der Waals surface area contributed by atoms with Crippen molar-refractivity contribution in [1.29, 1.82) is 0 Å². The van der Waals surface area contributed by atoms with Gasteiger partial charge in [0.15, 0.2) is 0 Å². The number of benzene rings is 1. The lowest BCUT2D eigenvalue weighted by Gasteiger charge is -2.18. The van der Waals surface area contributed by atoms with Gasteiger partial charge in [0.25, 0.3) is 0 Å². The van der Waals surface area contributed by atoms with Gasteiger partial charge in [-0.3, -0.25) is 9.59 Å². The Hall–Kier alpha value is -1.68. The van der Waals surface area contributed by atoms with Crippen LogP contribution >= 0.6 is 11.6 Å². The van der Waals surface area contributed by atoms with Gasteiger partial charge in [0, 0.05) is 0 Å². The summed E-state index contributed by atoms with van der Waals surface area (Å²) in [6.07, 6.45) is 4.96. The Morgan fingerprint density at radius 2 is 1.70 bits per heavy atom. The Labute approximate surface area is 120 Å². The van der Waals surface area contributed by atoms with Gasteiger partial charge in [0.2, 0.25) is 11.8 Å². The van der Waals surface area contributed by atoms with E-state index in [1.807, 2.05) is 12.2 Å². The molecule has 20 heavy (non-hydrogen) atoms. The lowest BCUT2D eigenvalue weighted by molar-refractivity contribution is -0.123. The topological polar surface area (TPSA) is 37.4 Å². The summed E-state index contributed by atoms with van der Waals surface area (Å²) in [6.45, 7) is 0. The molecule has 3 aliphatic rings. The number of hydrogen-bond acceptors (Lipinski definition) is 2. The van der Waals surface area contributed by atoms with E-state index in [0.29, 0.717) is 0 Å². The molecule has 1 aliphatic heterocycles. The van der Waals surface area contributed by atoms with Crippen LogP contribution in [0.5, 0.6) is 0 Å². The third-order valence-electron chi connectivity index (χ3n) is 4.62. The minimum atomic E-state index is -0.486. The molecule has 4 rings (SSSR count). The van der Waals surface area contributed by atoms with E-state index in [4.69, 9.17) is 11.6 Å². The first kappa shape index (κ1) is 12.1. The van der Waals surface area contributed by atoms with Crippen LogP contribution < -0.4 is 4.90 Å². The number of carbonyl (C=O) groups is 2. The summed E-state index contributed by atoms with van der Waals surface area (Å²) < 4.78 is 13.1. The molecule has 4 atom stereocenters. The van der Waals surface area contributed by atoms with E-state index in [1.54, 1.807) is 0 Å². The largest absolute Gasteiger partial charge is 0.274 e. The zero-order valence-electron chi connectivity index (χ0n) is 10.4. The molecule has 0 aromatic heterocycles. The van der Waals surface area contributed by atoms with Crippen molar-refractivity contribution in [2.24, 2.45) is 23.7 Å². The smallest absolute Gasteiger partial charge is 0.238 e. The Balaban J connectivity index is 1.78. The zero-order valence-corrected chi connectivity index (χ0v) is 11.2. The average Bonchev–Trinajstić information content (AvgIpc) is 3.06. The molecule has 1 saturated carbocycles. The molecule has 0 unspecified atom stereocenters. The highest BCUT2D eigenvalue weighted by Gasteiger charge is 2.59. The fourth-order valence-electron chi connectivity index (χ4n) is 3.80. The quantitative estimate of drug-likeness (QED) is 0.589. The van der Waals surface area contributed by atoms with E-state index in [9.17, 15) is 14.0 Å². The van der Waals surface area contributed by atoms with Crippen molar-refractivity contribution in [3.05, 3.63) is 41.2 Å². The molecule has 1 saturated heterocycles. The Kier molecular flexibility index (Phi) is 2.37. The number of carbonyl (C=O) groups excluding carboxylic acids is 2. The molecule has 1 aromatic rings. The van der Waals surface area contributed by atoms with Crippen LogP contribution in [0.4, 0.5) is 10.1 Å². The molecule has 0 N–H and O–H groups in total. The summed E-state index contributed by atoms with van der Waals surface area (Å²) >= 11 is 5.98. The number of amides is 2. The molecule has 1 heterocycles. The first-order valence-corrected chi connectivity index (χ1v) is 6.97. The van der Waals surface area contributed by atoms with Gasteiger partial charge in [-0.25, -0.2) is 9.29 Å². The van der Waals surface area contributed by atoms with Crippen LogP contribution in [-0.2, 0) is 9.59 Å². The normalized spacial score (nSPS) is 34.2. The molecule has 0 spiro atoms. The van der Waals surface area contributed by atoms with Crippen molar-refractivity contribution in [2.75, 3.05) is 4.90 Å². The second-order valence-corrected chi connectivity index (χ2v) is 6.01. The Morgan fingerprint density at radius 3 is 2.25 bits per heavy atom. The molecule has 2 amide bonds. The number of imide groups is 1. The number of allylic oxidation sites excluding steroid dienone is 2. The fraction of sp³-hybridized carbons (Fsp3) is 0.333. The molecule has 0 radical (unpaired) electrons. The number of rotatable bonds is 1. The Morgan fingerprint density at radius 1 is 1.10 bits per heavy atom. The number of fused-ring (bicyclic) bond motifs is 5. The van der Waals surface area contributed by atoms with Crippen LogP contribution in [0, 0.1) is 29.5 Å². The molecule has 2 bridgehead atoms. The van der Waals surface area contributed by atoms with E-state index < -0.39 is 5.82 Å². The predicted octanol–water partition coefficient (Wildman–Crippen LogP) is 2.79. The van der Waals surface area contributed by atoms with Crippen molar-refractivity contribution in [2.45, 2.75) is 6.42 Å². The van der Waals surface area contributed by atoms with Crippen molar-refractivity contribution >= 4 is 29.1 Å². The molecule has 102 valence electrons. The number of nitrogens with zero attached hydrogens (tertiary/aromatic N) is 1. The van der Waals surface area contributed by atoms with Crippen molar-refractivity contribution in [3.63, 3.8) is 0 Å². The van der Waals surface area contributed by atoms with Gasteiger partial charge < -0.3 is 0 Å². The maximum Gasteiger partial charge on any atom is 0.238 e. The lowest BCUT2D eigenvalue weighted by atomic mass is 9.85. The third-order valence-corrected chi connectivity index (χ3v) is 4.92. The maximum atomic E-state index is 13.1. The van der Waals surface area contributed by atoms with E-state index in [2.05, 4.69) is 0 Å². The standard InChI is InChI=1S/C15H11ClFNO2/c16-10-6-9(17)3-4-11(10)18-14(19)12-7-1-2-8(5-7)13(12)15(18)20/h1-4,6-8,12-13H,5H2/t7-,8-,12-,13+/m0/s1. The summed E-state index contributed by atoms with van der Waals surface area (Å²) in [7, 11) is 0. The summed E-state index contributed by atoms with van der Waals surface area (Å²) in [4.78, 5) is 26.2. The fourth-order valence-corrected chi connectivity index (χ4v) is 4.05. The predicted molar refractivity (Wildman–Crippen MR) is 71.6 cm³/mol. The third kappa shape index (κ3) is 1.40. The Bertz CT molecular complexity index is 642. The molecular weight excluding hydrogens is 281 g/mol. The highest BCUT2D eigenvalue weighted by atomic mass is 35.5. The highest BCUT2D eigenvalue weighted by molar-refractivity contribution is 6.36. The van der Waals surface area contributed by atoms with Gasteiger partial charge >= 0.3 is 0 Å². The van der Waals surface area contributed by atoms with Crippen molar-refractivity contribution < 1.29 is 14.0 Å². The lowest BCUT2D eigenvalue weighted by Crippen LogP contribution is -2.33. The minimum Gasteiger partial charge on any atom is -0.274 e. The number of halogens is 2. The molecule has 2 fully saturated rings. The van der Waals surface area contributed by atoms with Gasteiger partial charge in [-0.05, 0) is 36.5 Å². The minimum absolute atomic E-state index is 0.0898. The van der Waals surface area contributed by atoms with E-state index in [-0.39, 0.29) is 46.2 Å². The maximum absolute atomic E-state index is 13.1. The van der Waals surface area contributed by atoms with Gasteiger partial charge in [0.05, 0.1) is 22.5 Å². The first-order valence-electron chi connectivity index (χ1n) is 6.59. The number of anilines is 1. The molecule has 3 nitrogen and oxygen atoms in total. The van der Waals surface area contributed by atoms with E-state index in [0.717, 1.165) is 17.4 Å². The van der Waals surface area contributed by atoms with Gasteiger partial charge in [-0.15, -0.1) is 0 Å². The van der Waals surface area contributed by atoms with Crippen LogP contribution in [-0.4, -0.2) is 11.8 Å². The van der Waals surface area contributed by atoms with Crippen LogP contribution in [0.3, 0.4) is 0 Å². The van der Waals surface area contributed by atoms with Gasteiger partial charge in [-0.1, -0.05) is 23.8 Å². The zero-order chi connectivity index (χ0) is 14.0. The highest BCUT2D eigenvalue weighted by Crippen LogP contribution is 2.53. The molecule has 1 aromatic carbocycles. The molecular formula is C15H11ClFNO2. The second-order valence-electron chi connectivity index (χ2n) is 5.61. The SMILES string of the molecule is O=C1[C@@H]2[C@H](C(=O)N1c1ccc(F)cc1Cl)[C@H]1C=C[C@H]2C1. The van der Waals surface area contributed by atoms with Crippen LogP contribution in [0.2, 0.25) is 5.02 Å². The van der Waals surface area contributed by atoms with Crippen LogP contribution in [0.1, 0.15) is 6.42 Å². The van der Waals surface area contributed by atoms with E-state index in [1.165, 1.54) is 12.1 Å². The van der Waals surface area contributed by atoms with E-state index >= 15 is 0 Å². The van der Waals surface area contributed by atoms with Gasteiger partial charge in [-0.2, -0.15) is 0 Å². The van der Waals surface area contributed by atoms with Crippen molar-refractivity contribution in [3.8, 4) is 0 Å². The van der Waals surface area contributed by atoms with Gasteiger partial charge in [0.1, 0.15) is 5.82 Å². The average molecular weight is 292 g/mol. The van der Waals surface area contributed by atoms with Crippen molar-refractivity contribution in [1.82, 2.24) is 0 Å². The summed E-state index contributed by atoms with van der Waals surface area (Å²) in [5.74, 6) is -1.11. The number of hydrogen-bond donors (Lipinski definition) is 0. The summed E-state index contributed by atoms with van der Waals surface area (Å²) in [5.41, 5.74) is 0.289. The molecule has 5 heteroatoms. The van der Waals surface area contributed by atoms with Crippen LogP contribution in [0.15, 0.2) is 30.4 Å². The summed E-state index contributed by atoms with van der Waals surface area (Å²) in [6, 6.07) is 3.73. The first-order chi connectivity index (χ1) is 9.58. The van der Waals surface area contributed by atoms with Crippen LogP contribution in [0.25, 0.3) is 0 Å². The monoisotopic (exact) mass is 291 g/mol. The summed E-state index contributed by atoms with van der Waals surface area (Å²) in [5, 5.41) is 0.0898. The molecule has 2 aliphatic carbocycles.